The fraction of sp³-hybridized carbons (Fsp3) is 0.516. The third-order valence-corrected chi connectivity index (χ3v) is 8.83. The van der Waals surface area contributed by atoms with E-state index in [0.29, 0.717) is 12.2 Å². The van der Waals surface area contributed by atoms with E-state index in [0.717, 1.165) is 100 Å². The number of unbranched alkanes of at least 4 members (excludes halogenated alkanes) is 1. The highest BCUT2D eigenvalue weighted by Crippen LogP contribution is 2.34. The smallest absolute Gasteiger partial charge is 0.197 e. The molecule has 3 aromatic rings. The van der Waals surface area contributed by atoms with Crippen LogP contribution in [0.25, 0.3) is 11.0 Å². The molecule has 2 aromatic carbocycles. The topological polar surface area (TPSA) is 45.9 Å². The molecule has 5 nitrogen and oxygen atoms in total. The van der Waals surface area contributed by atoms with Crippen molar-refractivity contribution in [1.29, 1.82) is 0 Å². The molecule has 0 atom stereocenters. The van der Waals surface area contributed by atoms with Crippen LogP contribution in [0.2, 0.25) is 0 Å². The van der Waals surface area contributed by atoms with Gasteiger partial charge in [-0.1, -0.05) is 47.1 Å². The van der Waals surface area contributed by atoms with Gasteiger partial charge in [0, 0.05) is 30.5 Å². The Hall–Kier alpha value is -1.17. The second kappa shape index (κ2) is 15.6. The Morgan fingerprint density at radius 2 is 1.50 bits per heavy atom. The molecule has 0 saturated carbocycles. The van der Waals surface area contributed by atoms with Crippen LogP contribution in [-0.4, -0.2) is 61.5 Å². The molecule has 1 heterocycles. The van der Waals surface area contributed by atoms with E-state index < -0.39 is 0 Å². The minimum atomic E-state index is 0.0290. The van der Waals surface area contributed by atoms with Crippen molar-refractivity contribution in [1.82, 2.24) is 9.80 Å². The Morgan fingerprint density at radius 3 is 2.11 bits per heavy atom. The summed E-state index contributed by atoms with van der Waals surface area (Å²) < 4.78 is 14.4. The van der Waals surface area contributed by atoms with Crippen LogP contribution in [0.4, 0.5) is 0 Å². The van der Waals surface area contributed by atoms with E-state index >= 15 is 0 Å². The van der Waals surface area contributed by atoms with Gasteiger partial charge in [0.1, 0.15) is 23.7 Å². The summed E-state index contributed by atoms with van der Waals surface area (Å²) in [5.74, 6) is 1.69. The summed E-state index contributed by atoms with van der Waals surface area (Å²) in [6.45, 7) is 17.5. The maximum Gasteiger partial charge on any atom is 0.197 e. The van der Waals surface area contributed by atoms with Gasteiger partial charge in [-0.15, -0.1) is 0 Å². The van der Waals surface area contributed by atoms with Gasteiger partial charge in [-0.2, -0.15) is 0 Å². The summed E-state index contributed by atoms with van der Waals surface area (Å²) in [6.07, 6.45) is 3.76. The number of benzene rings is 2. The molecule has 0 N–H and O–H groups in total. The predicted octanol–water partition coefficient (Wildman–Crippen LogP) is 7.82. The van der Waals surface area contributed by atoms with E-state index in [2.05, 4.69) is 102 Å². The standard InChI is InChI=1S/C31H42I2N2O3/c1-6-11-12-28-29(24-19-22(13-14-27(24)38-28)15-16-34(7-2)8-3)30(36)23-20-25(32)31(26(33)21-23)37-18-17-35(9-4)10-5/h13-14,19-21H,6-12,15-18H2,1-5H3. The van der Waals surface area contributed by atoms with Crippen LogP contribution in [0.15, 0.2) is 34.7 Å². The second-order valence-electron chi connectivity index (χ2n) is 9.58. The number of hydrogen-bond acceptors (Lipinski definition) is 5. The molecular weight excluding hydrogens is 702 g/mol. The lowest BCUT2D eigenvalue weighted by molar-refractivity contribution is 0.103. The molecule has 0 spiro atoms. The summed E-state index contributed by atoms with van der Waals surface area (Å²) in [7, 11) is 0. The maximum atomic E-state index is 14.0. The number of hydrogen-bond donors (Lipinski definition) is 0. The number of carbonyl (C=O) groups excluding carboxylic acids is 1. The maximum absolute atomic E-state index is 14.0. The van der Waals surface area contributed by atoms with Crippen molar-refractivity contribution in [3.8, 4) is 5.75 Å². The zero-order valence-corrected chi connectivity index (χ0v) is 27.9. The van der Waals surface area contributed by atoms with Crippen molar-refractivity contribution < 1.29 is 13.9 Å². The van der Waals surface area contributed by atoms with Crippen molar-refractivity contribution in [2.45, 2.75) is 60.3 Å². The van der Waals surface area contributed by atoms with Crippen molar-refractivity contribution >= 4 is 61.9 Å². The first-order valence-electron chi connectivity index (χ1n) is 14.0. The van der Waals surface area contributed by atoms with Gasteiger partial charge in [-0.3, -0.25) is 4.79 Å². The van der Waals surface area contributed by atoms with Crippen LogP contribution in [0, 0.1) is 7.14 Å². The van der Waals surface area contributed by atoms with E-state index in [9.17, 15) is 4.79 Å². The van der Waals surface area contributed by atoms with Crippen LogP contribution in [0.3, 0.4) is 0 Å². The summed E-state index contributed by atoms with van der Waals surface area (Å²) in [5.41, 5.74) is 3.44. The molecule has 0 aliphatic heterocycles. The van der Waals surface area contributed by atoms with Gasteiger partial charge in [0.05, 0.1) is 12.7 Å². The van der Waals surface area contributed by atoms with Crippen LogP contribution < -0.4 is 4.74 Å². The number of carbonyl (C=O) groups is 1. The molecule has 38 heavy (non-hydrogen) atoms. The number of aryl methyl sites for hydroxylation is 1. The SMILES string of the molecule is CCCCc1oc2ccc(CCN(CC)CC)cc2c1C(=O)c1cc(I)c(OCCN(CC)CC)c(I)c1. The summed E-state index contributed by atoms with van der Waals surface area (Å²) >= 11 is 4.59. The molecule has 0 amide bonds. The summed E-state index contributed by atoms with van der Waals surface area (Å²) in [6, 6.07) is 10.3. The van der Waals surface area contributed by atoms with Gasteiger partial charge >= 0.3 is 0 Å². The minimum absolute atomic E-state index is 0.0290. The van der Waals surface area contributed by atoms with Crippen molar-refractivity contribution in [2.24, 2.45) is 0 Å². The predicted molar refractivity (Wildman–Crippen MR) is 175 cm³/mol. The number of rotatable bonds is 16. The lowest BCUT2D eigenvalue weighted by Gasteiger charge is -2.19. The van der Waals surface area contributed by atoms with Crippen LogP contribution >= 0.6 is 45.2 Å². The Morgan fingerprint density at radius 1 is 0.868 bits per heavy atom. The number of ether oxygens (including phenoxy) is 1. The van der Waals surface area contributed by atoms with Crippen molar-refractivity contribution in [3.63, 3.8) is 0 Å². The highest BCUT2D eigenvalue weighted by atomic mass is 127. The van der Waals surface area contributed by atoms with Gasteiger partial charge in [0.25, 0.3) is 0 Å². The number of likely N-dealkylation sites (N-methyl/N-ethyl adjacent to an activating group) is 2. The quantitative estimate of drug-likeness (QED) is 0.111. The lowest BCUT2D eigenvalue weighted by atomic mass is 9.97. The van der Waals surface area contributed by atoms with E-state index in [4.69, 9.17) is 9.15 Å². The Labute approximate surface area is 255 Å². The first-order valence-corrected chi connectivity index (χ1v) is 16.2. The van der Waals surface area contributed by atoms with E-state index in [1.54, 1.807) is 0 Å². The van der Waals surface area contributed by atoms with E-state index in [1.165, 1.54) is 5.56 Å². The first-order chi connectivity index (χ1) is 18.4. The van der Waals surface area contributed by atoms with Crippen LogP contribution in [0.1, 0.15) is 74.7 Å². The Kier molecular flexibility index (Phi) is 12.9. The fourth-order valence-electron chi connectivity index (χ4n) is 4.73. The largest absolute Gasteiger partial charge is 0.490 e. The van der Waals surface area contributed by atoms with Crippen molar-refractivity contribution in [2.75, 3.05) is 45.9 Å². The van der Waals surface area contributed by atoms with Gasteiger partial charge in [0.2, 0.25) is 0 Å². The number of ketones is 1. The third kappa shape index (κ3) is 7.95. The Bertz CT molecular complexity index is 1180. The molecule has 1 aromatic heterocycles. The molecule has 0 saturated heterocycles. The highest BCUT2D eigenvalue weighted by Gasteiger charge is 2.24. The molecule has 0 aliphatic carbocycles. The number of fused-ring (bicyclic) bond motifs is 1. The fourth-order valence-corrected chi connectivity index (χ4v) is 6.81. The number of nitrogens with zero attached hydrogens (tertiary/aromatic N) is 2. The number of halogens is 2. The summed E-state index contributed by atoms with van der Waals surface area (Å²) in [4.78, 5) is 18.8. The van der Waals surface area contributed by atoms with Gasteiger partial charge in [-0.05, 0) is 114 Å². The molecule has 208 valence electrons. The Balaban J connectivity index is 1.93. The van der Waals surface area contributed by atoms with Gasteiger partial charge in [-0.25, -0.2) is 0 Å². The zero-order valence-electron chi connectivity index (χ0n) is 23.5. The molecule has 0 bridgehead atoms. The molecule has 3 rings (SSSR count). The molecular formula is C31H42I2N2O3. The first kappa shape index (κ1) is 31.4. The minimum Gasteiger partial charge on any atom is -0.490 e. The molecule has 0 unspecified atom stereocenters. The van der Waals surface area contributed by atoms with E-state index in [1.807, 2.05) is 18.2 Å². The van der Waals surface area contributed by atoms with Crippen LogP contribution in [-0.2, 0) is 12.8 Å². The van der Waals surface area contributed by atoms with E-state index in [-0.39, 0.29) is 5.78 Å². The van der Waals surface area contributed by atoms with Crippen molar-refractivity contribution in [3.05, 3.63) is 59.9 Å². The van der Waals surface area contributed by atoms with Gasteiger partial charge in [0.15, 0.2) is 5.78 Å². The molecule has 0 radical (unpaired) electrons. The third-order valence-electron chi connectivity index (χ3n) is 7.23. The average Bonchev–Trinajstić information content (AvgIpc) is 3.28. The lowest BCUT2D eigenvalue weighted by Crippen LogP contribution is -2.28. The molecule has 0 fully saturated rings. The molecule has 0 aliphatic rings. The zero-order chi connectivity index (χ0) is 27.7. The van der Waals surface area contributed by atoms with Gasteiger partial charge < -0.3 is 19.0 Å². The highest BCUT2D eigenvalue weighted by molar-refractivity contribution is 14.1. The molecule has 7 heteroatoms. The average molecular weight is 744 g/mol. The number of furan rings is 1. The van der Waals surface area contributed by atoms with Crippen LogP contribution in [0.5, 0.6) is 5.75 Å². The summed E-state index contributed by atoms with van der Waals surface area (Å²) in [5, 5.41) is 0.933. The normalized spacial score (nSPS) is 11.7. The second-order valence-corrected chi connectivity index (χ2v) is 11.9. The monoisotopic (exact) mass is 744 g/mol.